The molecule has 1 aliphatic heterocycles. The first-order valence-electron chi connectivity index (χ1n) is 5.99. The van der Waals surface area contributed by atoms with Crippen LogP contribution in [0.25, 0.3) is 0 Å². The highest BCUT2D eigenvalue weighted by Crippen LogP contribution is 2.18. The van der Waals surface area contributed by atoms with E-state index in [1.807, 2.05) is 11.9 Å². The molecule has 3 nitrogen and oxygen atoms in total. The zero-order chi connectivity index (χ0) is 11.4. The van der Waals surface area contributed by atoms with Gasteiger partial charge in [0.25, 0.3) is 0 Å². The van der Waals surface area contributed by atoms with Crippen LogP contribution < -0.4 is 5.32 Å². The molecule has 1 aliphatic rings. The van der Waals surface area contributed by atoms with Crippen LogP contribution in [0.2, 0.25) is 0 Å². The lowest BCUT2D eigenvalue weighted by Gasteiger charge is -2.37. The molecule has 0 saturated carbocycles. The molecule has 1 N–H and O–H groups in total. The second kappa shape index (κ2) is 5.50. The molecule has 0 bridgehead atoms. The molecular formula is C12H24N2O. The highest BCUT2D eigenvalue weighted by molar-refractivity contribution is 5.76. The van der Waals surface area contributed by atoms with E-state index >= 15 is 0 Å². The van der Waals surface area contributed by atoms with Crippen LogP contribution >= 0.6 is 0 Å². The van der Waals surface area contributed by atoms with Crippen molar-refractivity contribution in [3.8, 4) is 0 Å². The Kier molecular flexibility index (Phi) is 4.58. The van der Waals surface area contributed by atoms with Crippen molar-refractivity contribution in [2.24, 2.45) is 11.8 Å². The molecule has 0 aromatic carbocycles. The van der Waals surface area contributed by atoms with E-state index in [0.717, 1.165) is 19.5 Å². The fourth-order valence-electron chi connectivity index (χ4n) is 2.28. The number of piperidine rings is 1. The third kappa shape index (κ3) is 3.49. The highest BCUT2D eigenvalue weighted by Gasteiger charge is 2.27. The number of amides is 1. The number of nitrogens with zero attached hydrogens (tertiary/aromatic N) is 1. The Labute approximate surface area is 93.2 Å². The summed E-state index contributed by atoms with van der Waals surface area (Å²) in [4.78, 5) is 13.9. The predicted octanol–water partition coefficient (Wildman–Crippen LogP) is 1.49. The summed E-state index contributed by atoms with van der Waals surface area (Å²) in [6, 6.07) is 0.577. The summed E-state index contributed by atoms with van der Waals surface area (Å²) in [5.74, 6) is 1.36. The zero-order valence-corrected chi connectivity index (χ0v) is 10.4. The van der Waals surface area contributed by atoms with E-state index in [2.05, 4.69) is 26.1 Å². The molecule has 1 rings (SSSR count). The second-order valence-corrected chi connectivity index (χ2v) is 5.10. The van der Waals surface area contributed by atoms with E-state index in [-0.39, 0.29) is 0 Å². The first-order chi connectivity index (χ1) is 7.04. The van der Waals surface area contributed by atoms with Gasteiger partial charge in [-0.3, -0.25) is 4.79 Å². The second-order valence-electron chi connectivity index (χ2n) is 5.10. The topological polar surface area (TPSA) is 32.3 Å². The molecule has 15 heavy (non-hydrogen) atoms. The van der Waals surface area contributed by atoms with Crippen molar-refractivity contribution in [1.82, 2.24) is 10.2 Å². The summed E-state index contributed by atoms with van der Waals surface area (Å²) in [6.07, 6.45) is 1.78. The van der Waals surface area contributed by atoms with Gasteiger partial charge in [-0.05, 0) is 25.3 Å². The van der Waals surface area contributed by atoms with E-state index in [1.54, 1.807) is 0 Å². The predicted molar refractivity (Wildman–Crippen MR) is 62.7 cm³/mol. The molecule has 0 aliphatic carbocycles. The number of carbonyl (C=O) groups excluding carboxylic acids is 1. The molecule has 1 amide bonds. The van der Waals surface area contributed by atoms with Crippen LogP contribution in [0.4, 0.5) is 0 Å². The molecule has 1 fully saturated rings. The number of hydrogen-bond donors (Lipinski definition) is 1. The van der Waals surface area contributed by atoms with Gasteiger partial charge in [-0.15, -0.1) is 0 Å². The Hall–Kier alpha value is -0.570. The summed E-state index contributed by atoms with van der Waals surface area (Å²) >= 11 is 0. The van der Waals surface area contributed by atoms with Gasteiger partial charge in [-0.25, -0.2) is 0 Å². The first-order valence-corrected chi connectivity index (χ1v) is 5.99. The van der Waals surface area contributed by atoms with Crippen molar-refractivity contribution in [2.75, 3.05) is 20.1 Å². The van der Waals surface area contributed by atoms with Crippen LogP contribution in [-0.4, -0.2) is 37.0 Å². The van der Waals surface area contributed by atoms with Crippen molar-refractivity contribution >= 4 is 5.91 Å². The van der Waals surface area contributed by atoms with Crippen molar-refractivity contribution in [3.63, 3.8) is 0 Å². The molecule has 3 heteroatoms. The fourth-order valence-corrected chi connectivity index (χ4v) is 2.28. The Bertz CT molecular complexity index is 216. The van der Waals surface area contributed by atoms with Gasteiger partial charge in [0.15, 0.2) is 0 Å². The summed E-state index contributed by atoms with van der Waals surface area (Å²) in [5, 5.41) is 3.32. The third-order valence-electron chi connectivity index (χ3n) is 3.21. The third-order valence-corrected chi connectivity index (χ3v) is 3.21. The molecule has 0 spiro atoms. The number of carbonyl (C=O) groups is 1. The first kappa shape index (κ1) is 12.5. The van der Waals surface area contributed by atoms with Gasteiger partial charge < -0.3 is 10.2 Å². The van der Waals surface area contributed by atoms with Gasteiger partial charge in [-0.1, -0.05) is 20.8 Å². The van der Waals surface area contributed by atoms with Crippen molar-refractivity contribution in [2.45, 2.75) is 39.7 Å². The van der Waals surface area contributed by atoms with E-state index < -0.39 is 0 Å². The minimum Gasteiger partial charge on any atom is -0.342 e. The quantitative estimate of drug-likeness (QED) is 0.768. The normalized spacial score (nSPS) is 27.1. The molecule has 2 atom stereocenters. The van der Waals surface area contributed by atoms with Crippen LogP contribution in [0.5, 0.6) is 0 Å². The molecule has 0 aromatic heterocycles. The maximum atomic E-state index is 11.9. The summed E-state index contributed by atoms with van der Waals surface area (Å²) in [5.41, 5.74) is 0. The van der Waals surface area contributed by atoms with Crippen LogP contribution in [0.1, 0.15) is 33.6 Å². The molecular weight excluding hydrogens is 188 g/mol. The lowest BCUT2D eigenvalue weighted by atomic mass is 9.93. The smallest absolute Gasteiger partial charge is 0.222 e. The van der Waals surface area contributed by atoms with Gasteiger partial charge in [0.2, 0.25) is 5.91 Å². The van der Waals surface area contributed by atoms with E-state index in [1.165, 1.54) is 0 Å². The average molecular weight is 212 g/mol. The average Bonchev–Trinajstić information content (AvgIpc) is 2.16. The van der Waals surface area contributed by atoms with Crippen LogP contribution in [-0.2, 0) is 4.79 Å². The maximum absolute atomic E-state index is 11.9. The van der Waals surface area contributed by atoms with Crippen LogP contribution in [0, 0.1) is 11.8 Å². The van der Waals surface area contributed by atoms with Crippen molar-refractivity contribution in [1.29, 1.82) is 0 Å². The Morgan fingerprint density at radius 3 is 2.67 bits per heavy atom. The van der Waals surface area contributed by atoms with E-state index in [4.69, 9.17) is 0 Å². The van der Waals surface area contributed by atoms with Crippen molar-refractivity contribution < 1.29 is 4.79 Å². The zero-order valence-electron chi connectivity index (χ0n) is 10.4. The minimum atomic E-state index is 0.325. The van der Waals surface area contributed by atoms with Gasteiger partial charge in [0.05, 0.1) is 0 Å². The molecule has 88 valence electrons. The van der Waals surface area contributed by atoms with Crippen LogP contribution in [0.3, 0.4) is 0 Å². The standard InChI is InChI=1S/C12H24N2O/c1-9(2)7-12(15)14-6-5-11(13-4)10(3)8-14/h9-11,13H,5-8H2,1-4H3. The molecule has 0 aromatic rings. The van der Waals surface area contributed by atoms with Crippen molar-refractivity contribution in [3.05, 3.63) is 0 Å². The summed E-state index contributed by atoms with van der Waals surface area (Å²) < 4.78 is 0. The molecule has 1 heterocycles. The number of hydrogen-bond acceptors (Lipinski definition) is 2. The van der Waals surface area contributed by atoms with E-state index in [0.29, 0.717) is 30.2 Å². The number of rotatable bonds is 3. The number of nitrogens with one attached hydrogen (secondary N) is 1. The highest BCUT2D eigenvalue weighted by atomic mass is 16.2. The van der Waals surface area contributed by atoms with E-state index in [9.17, 15) is 4.79 Å². The lowest BCUT2D eigenvalue weighted by Crippen LogP contribution is -2.49. The lowest BCUT2D eigenvalue weighted by molar-refractivity contribution is -0.134. The summed E-state index contributed by atoms with van der Waals surface area (Å²) in [7, 11) is 2.01. The molecule has 2 unspecified atom stereocenters. The Morgan fingerprint density at radius 2 is 2.20 bits per heavy atom. The fraction of sp³-hybridized carbons (Fsp3) is 0.917. The Morgan fingerprint density at radius 1 is 1.53 bits per heavy atom. The van der Waals surface area contributed by atoms with Gasteiger partial charge in [0.1, 0.15) is 0 Å². The monoisotopic (exact) mass is 212 g/mol. The Balaban J connectivity index is 2.43. The largest absolute Gasteiger partial charge is 0.342 e. The molecule has 1 saturated heterocycles. The van der Waals surface area contributed by atoms with Gasteiger partial charge in [0, 0.05) is 25.6 Å². The summed E-state index contributed by atoms with van der Waals surface area (Å²) in [6.45, 7) is 8.25. The van der Waals surface area contributed by atoms with Gasteiger partial charge in [-0.2, -0.15) is 0 Å². The maximum Gasteiger partial charge on any atom is 0.222 e. The minimum absolute atomic E-state index is 0.325. The SMILES string of the molecule is CNC1CCN(C(=O)CC(C)C)CC1C. The van der Waals surface area contributed by atoms with Gasteiger partial charge >= 0.3 is 0 Å². The molecule has 0 radical (unpaired) electrons. The van der Waals surface area contributed by atoms with Crippen LogP contribution in [0.15, 0.2) is 0 Å². The number of likely N-dealkylation sites (tertiary alicyclic amines) is 1.